The Morgan fingerprint density at radius 3 is 1.83 bits per heavy atom. The van der Waals surface area contributed by atoms with Crippen molar-refractivity contribution in [2.75, 3.05) is 4.90 Å². The second-order valence-electron chi connectivity index (χ2n) is 13.3. The number of fused-ring (bicyclic) bond motifs is 6. The molecule has 52 heavy (non-hydrogen) atoms. The monoisotopic (exact) mass is 663 g/mol. The molecule has 0 fully saturated rings. The number of para-hydroxylation sites is 1. The largest absolute Gasteiger partial charge is 0.455 e. The molecule has 244 valence electrons. The molecule has 2 heteroatoms. The number of rotatable bonds is 6. The van der Waals surface area contributed by atoms with Crippen LogP contribution in [0.1, 0.15) is 0 Å². The molecule has 0 atom stereocenters. The Morgan fingerprint density at radius 1 is 0.346 bits per heavy atom. The lowest BCUT2D eigenvalue weighted by molar-refractivity contribution is 0.673. The fourth-order valence-electron chi connectivity index (χ4n) is 7.76. The predicted molar refractivity (Wildman–Crippen MR) is 220 cm³/mol. The molecular weight excluding hydrogens is 631 g/mol. The molecule has 0 aliphatic carbocycles. The van der Waals surface area contributed by atoms with E-state index in [1.165, 1.54) is 38.4 Å². The van der Waals surface area contributed by atoms with Crippen molar-refractivity contribution in [1.29, 1.82) is 0 Å². The van der Waals surface area contributed by atoms with Crippen LogP contribution in [0.15, 0.2) is 205 Å². The average molecular weight is 664 g/mol. The van der Waals surface area contributed by atoms with Crippen molar-refractivity contribution < 1.29 is 4.42 Å². The zero-order valence-corrected chi connectivity index (χ0v) is 28.4. The Bertz CT molecular complexity index is 2920. The van der Waals surface area contributed by atoms with Crippen LogP contribution in [-0.2, 0) is 0 Å². The molecule has 9 aromatic carbocycles. The van der Waals surface area contributed by atoms with Crippen molar-refractivity contribution in [2.24, 2.45) is 0 Å². The highest BCUT2D eigenvalue weighted by Gasteiger charge is 2.20. The van der Waals surface area contributed by atoms with E-state index in [1.54, 1.807) is 0 Å². The van der Waals surface area contributed by atoms with Gasteiger partial charge in [-0.25, -0.2) is 0 Å². The summed E-state index contributed by atoms with van der Waals surface area (Å²) in [5.74, 6) is 0. The lowest BCUT2D eigenvalue weighted by Crippen LogP contribution is -2.11. The summed E-state index contributed by atoms with van der Waals surface area (Å²) in [6.07, 6.45) is 0. The third-order valence-corrected chi connectivity index (χ3v) is 10.2. The van der Waals surface area contributed by atoms with E-state index in [0.29, 0.717) is 0 Å². The van der Waals surface area contributed by atoms with Crippen molar-refractivity contribution in [3.63, 3.8) is 0 Å². The van der Waals surface area contributed by atoms with Gasteiger partial charge in [-0.1, -0.05) is 152 Å². The number of anilines is 3. The Morgan fingerprint density at radius 2 is 0.962 bits per heavy atom. The molecule has 1 aromatic heterocycles. The van der Waals surface area contributed by atoms with Crippen LogP contribution in [0, 0.1) is 0 Å². The van der Waals surface area contributed by atoms with Crippen LogP contribution in [0.25, 0.3) is 76.9 Å². The van der Waals surface area contributed by atoms with E-state index in [0.717, 1.165) is 55.5 Å². The number of furan rings is 1. The molecule has 0 saturated carbocycles. The molecule has 2 nitrogen and oxygen atoms in total. The van der Waals surface area contributed by atoms with Crippen molar-refractivity contribution in [1.82, 2.24) is 0 Å². The Hall–Kier alpha value is -6.90. The van der Waals surface area contributed by atoms with Gasteiger partial charge in [-0.2, -0.15) is 0 Å². The highest BCUT2D eigenvalue weighted by molar-refractivity contribution is 6.19. The molecule has 10 aromatic rings. The normalized spacial score (nSPS) is 11.5. The lowest BCUT2D eigenvalue weighted by atomic mass is 9.97. The first-order chi connectivity index (χ1) is 25.8. The SMILES string of the molecule is c1ccc(-c2ccccc2N(c2cccc(-c3ccc4ccccc4c3)c2)c2cccc(-c3cccc4oc5c6ccccc6ccc5c34)c2)cc1. The molecule has 0 aliphatic rings. The number of nitrogens with zero attached hydrogens (tertiary/aromatic N) is 1. The minimum absolute atomic E-state index is 0.892. The van der Waals surface area contributed by atoms with Gasteiger partial charge in [0.1, 0.15) is 11.2 Å². The van der Waals surface area contributed by atoms with E-state index in [9.17, 15) is 0 Å². The molecule has 1 heterocycles. The zero-order valence-electron chi connectivity index (χ0n) is 28.4. The fraction of sp³-hybridized carbons (Fsp3) is 0. The molecule has 10 rings (SSSR count). The van der Waals surface area contributed by atoms with Crippen molar-refractivity contribution in [2.45, 2.75) is 0 Å². The Balaban J connectivity index is 1.17. The Kier molecular flexibility index (Phi) is 7.18. The molecule has 0 N–H and O–H groups in total. The third-order valence-electron chi connectivity index (χ3n) is 10.2. The van der Waals surface area contributed by atoms with Crippen molar-refractivity contribution >= 4 is 60.5 Å². The quantitative estimate of drug-likeness (QED) is 0.176. The van der Waals surface area contributed by atoms with Crippen LogP contribution >= 0.6 is 0 Å². The lowest BCUT2D eigenvalue weighted by Gasteiger charge is -2.29. The molecule has 0 aliphatic heterocycles. The van der Waals surface area contributed by atoms with E-state index in [-0.39, 0.29) is 0 Å². The molecule has 0 saturated heterocycles. The smallest absolute Gasteiger partial charge is 0.143 e. The third kappa shape index (κ3) is 5.12. The fourth-order valence-corrected chi connectivity index (χ4v) is 7.76. The van der Waals surface area contributed by atoms with E-state index in [1.807, 2.05) is 0 Å². The maximum absolute atomic E-state index is 6.58. The van der Waals surface area contributed by atoms with Crippen LogP contribution in [0.4, 0.5) is 17.1 Å². The molecule has 0 radical (unpaired) electrons. The zero-order chi connectivity index (χ0) is 34.4. The molecule has 0 unspecified atom stereocenters. The first kappa shape index (κ1) is 30.0. The summed E-state index contributed by atoms with van der Waals surface area (Å²) in [5.41, 5.74) is 12.1. The standard InChI is InChI=1S/C50H33NO/c1-2-14-35(15-3-1)43-22-8-9-25-47(43)51(41-20-10-18-38(32-41)39-28-27-34-13-4-5-17-37(34)31-39)42-21-11-19-40(33-42)44-24-12-26-48-49(44)46-30-29-36-16-6-7-23-45(36)50(46)52-48/h1-33H. The van der Waals surface area contributed by atoms with E-state index in [4.69, 9.17) is 4.42 Å². The van der Waals surface area contributed by atoms with Gasteiger partial charge in [0.25, 0.3) is 0 Å². The molecule has 0 amide bonds. The molecule has 0 bridgehead atoms. The van der Waals surface area contributed by atoms with Gasteiger partial charge in [0, 0.05) is 33.1 Å². The minimum atomic E-state index is 0.892. The highest BCUT2D eigenvalue weighted by Crippen LogP contribution is 2.44. The molecular formula is C50H33NO. The Labute approximate surface area is 302 Å². The highest BCUT2D eigenvalue weighted by atomic mass is 16.3. The first-order valence-corrected chi connectivity index (χ1v) is 17.8. The first-order valence-electron chi connectivity index (χ1n) is 17.8. The summed E-state index contributed by atoms with van der Waals surface area (Å²) in [5, 5.41) is 7.05. The maximum atomic E-state index is 6.58. The summed E-state index contributed by atoms with van der Waals surface area (Å²) in [6.45, 7) is 0. The summed E-state index contributed by atoms with van der Waals surface area (Å²) in [7, 11) is 0. The number of benzene rings is 9. The van der Waals surface area contributed by atoms with Gasteiger partial charge >= 0.3 is 0 Å². The van der Waals surface area contributed by atoms with Crippen LogP contribution < -0.4 is 4.90 Å². The van der Waals surface area contributed by atoms with Gasteiger partial charge in [0.15, 0.2) is 0 Å². The van der Waals surface area contributed by atoms with Crippen molar-refractivity contribution in [3.05, 3.63) is 200 Å². The average Bonchev–Trinajstić information content (AvgIpc) is 3.61. The van der Waals surface area contributed by atoms with Gasteiger partial charge in [-0.3, -0.25) is 0 Å². The topological polar surface area (TPSA) is 16.4 Å². The summed E-state index contributed by atoms with van der Waals surface area (Å²) in [4.78, 5) is 2.40. The summed E-state index contributed by atoms with van der Waals surface area (Å²) in [6, 6.07) is 71.7. The van der Waals surface area contributed by atoms with E-state index >= 15 is 0 Å². The van der Waals surface area contributed by atoms with Gasteiger partial charge < -0.3 is 9.32 Å². The van der Waals surface area contributed by atoms with Crippen LogP contribution in [0.3, 0.4) is 0 Å². The number of hydrogen-bond donors (Lipinski definition) is 0. The summed E-state index contributed by atoms with van der Waals surface area (Å²) >= 11 is 0. The summed E-state index contributed by atoms with van der Waals surface area (Å²) < 4.78 is 6.58. The van der Waals surface area contributed by atoms with Crippen LogP contribution in [0.2, 0.25) is 0 Å². The molecule has 0 spiro atoms. The number of hydrogen-bond acceptors (Lipinski definition) is 2. The van der Waals surface area contributed by atoms with Gasteiger partial charge in [0.05, 0.1) is 5.69 Å². The van der Waals surface area contributed by atoms with Gasteiger partial charge in [0.2, 0.25) is 0 Å². The predicted octanol–water partition coefficient (Wildman–Crippen LogP) is 14.4. The second kappa shape index (κ2) is 12.5. The van der Waals surface area contributed by atoms with Gasteiger partial charge in [-0.15, -0.1) is 0 Å². The minimum Gasteiger partial charge on any atom is -0.455 e. The van der Waals surface area contributed by atoms with Crippen molar-refractivity contribution in [3.8, 4) is 33.4 Å². The second-order valence-corrected chi connectivity index (χ2v) is 13.3. The van der Waals surface area contributed by atoms with E-state index in [2.05, 4.69) is 205 Å². The van der Waals surface area contributed by atoms with Crippen LogP contribution in [-0.4, -0.2) is 0 Å². The van der Waals surface area contributed by atoms with E-state index < -0.39 is 0 Å². The van der Waals surface area contributed by atoms with Gasteiger partial charge in [-0.05, 0) is 92.5 Å². The van der Waals surface area contributed by atoms with Crippen LogP contribution in [0.5, 0.6) is 0 Å². The maximum Gasteiger partial charge on any atom is 0.143 e.